The summed E-state index contributed by atoms with van der Waals surface area (Å²) >= 11 is 1.89. The van der Waals surface area contributed by atoms with Crippen LogP contribution in [0.25, 0.3) is 6.08 Å². The Labute approximate surface area is 118 Å². The van der Waals surface area contributed by atoms with Gasteiger partial charge in [-0.1, -0.05) is 26.0 Å². The molecule has 0 fully saturated rings. The van der Waals surface area contributed by atoms with Crippen LogP contribution in [0.2, 0.25) is 0 Å². The summed E-state index contributed by atoms with van der Waals surface area (Å²) in [7, 11) is 0. The molecule has 4 heteroatoms. The smallest absolute Gasteiger partial charge is 0.328 e. The molecule has 104 valence electrons. The van der Waals surface area contributed by atoms with Crippen molar-refractivity contribution in [1.29, 1.82) is 0 Å². The van der Waals surface area contributed by atoms with Crippen molar-refractivity contribution in [2.24, 2.45) is 5.92 Å². The second-order valence-electron chi connectivity index (χ2n) is 4.56. The molecule has 0 radical (unpaired) electrons. The van der Waals surface area contributed by atoms with Crippen molar-refractivity contribution in [3.05, 3.63) is 35.9 Å². The van der Waals surface area contributed by atoms with Crippen LogP contribution in [0.3, 0.4) is 0 Å². The number of thioether (sulfide) groups is 1. The highest BCUT2D eigenvalue weighted by molar-refractivity contribution is 7.99. The van der Waals surface area contributed by atoms with Gasteiger partial charge in [-0.3, -0.25) is 0 Å². The molecule has 0 heterocycles. The third-order valence-corrected chi connectivity index (χ3v) is 3.60. The lowest BCUT2D eigenvalue weighted by molar-refractivity contribution is -0.131. The fraction of sp³-hybridized carbons (Fsp3) is 0.400. The summed E-state index contributed by atoms with van der Waals surface area (Å²) in [6.07, 6.45) is 2.68. The van der Waals surface area contributed by atoms with E-state index in [-0.39, 0.29) is 0 Å². The van der Waals surface area contributed by atoms with E-state index < -0.39 is 5.97 Å². The number of hydrogen-bond acceptors (Lipinski definition) is 3. The topological polar surface area (TPSA) is 46.5 Å². The third kappa shape index (κ3) is 7.57. The monoisotopic (exact) mass is 280 g/mol. The predicted molar refractivity (Wildman–Crippen MR) is 80.8 cm³/mol. The third-order valence-electron chi connectivity index (χ3n) is 2.25. The van der Waals surface area contributed by atoms with E-state index in [0.29, 0.717) is 12.5 Å². The average Bonchev–Trinajstić information content (AvgIpc) is 2.37. The van der Waals surface area contributed by atoms with Gasteiger partial charge in [0.1, 0.15) is 5.75 Å². The molecule has 0 unspecified atom stereocenters. The van der Waals surface area contributed by atoms with Gasteiger partial charge in [-0.05, 0) is 35.4 Å². The molecule has 1 N–H and O–H groups in total. The van der Waals surface area contributed by atoms with Crippen molar-refractivity contribution in [2.45, 2.75) is 13.8 Å². The number of ether oxygens (including phenoxy) is 1. The Morgan fingerprint density at radius 2 is 2.05 bits per heavy atom. The van der Waals surface area contributed by atoms with E-state index >= 15 is 0 Å². The molecule has 0 aliphatic heterocycles. The Morgan fingerprint density at radius 3 is 2.63 bits per heavy atom. The molecule has 0 aliphatic carbocycles. The molecule has 0 amide bonds. The second-order valence-corrected chi connectivity index (χ2v) is 5.71. The summed E-state index contributed by atoms with van der Waals surface area (Å²) in [5.41, 5.74) is 0.851. The van der Waals surface area contributed by atoms with Crippen LogP contribution in [0.4, 0.5) is 0 Å². The maximum Gasteiger partial charge on any atom is 0.328 e. The van der Waals surface area contributed by atoms with Crippen LogP contribution >= 0.6 is 11.8 Å². The molecular formula is C15H20O3S. The number of benzene rings is 1. The van der Waals surface area contributed by atoms with E-state index in [1.807, 2.05) is 36.0 Å². The van der Waals surface area contributed by atoms with Crippen LogP contribution in [0.5, 0.6) is 5.75 Å². The van der Waals surface area contributed by atoms with Gasteiger partial charge in [-0.2, -0.15) is 11.8 Å². The summed E-state index contributed by atoms with van der Waals surface area (Å²) in [5.74, 6) is 2.73. The van der Waals surface area contributed by atoms with E-state index in [2.05, 4.69) is 13.8 Å². The minimum Gasteiger partial charge on any atom is -0.493 e. The highest BCUT2D eigenvalue weighted by Crippen LogP contribution is 2.14. The van der Waals surface area contributed by atoms with E-state index in [9.17, 15) is 4.79 Å². The molecule has 0 aromatic heterocycles. The molecule has 0 bridgehead atoms. The predicted octanol–water partition coefficient (Wildman–Crippen LogP) is 3.55. The Kier molecular flexibility index (Phi) is 7.11. The molecule has 0 aliphatic rings. The molecule has 1 rings (SSSR count). The van der Waals surface area contributed by atoms with Gasteiger partial charge in [0.2, 0.25) is 0 Å². The number of carbonyl (C=O) groups is 1. The van der Waals surface area contributed by atoms with Gasteiger partial charge in [0.05, 0.1) is 6.61 Å². The minimum absolute atomic E-state index is 0.696. The lowest BCUT2D eigenvalue weighted by Crippen LogP contribution is -2.02. The average molecular weight is 280 g/mol. The first-order valence-electron chi connectivity index (χ1n) is 6.29. The van der Waals surface area contributed by atoms with Crippen molar-refractivity contribution in [2.75, 3.05) is 18.1 Å². The Bertz CT molecular complexity index is 410. The quantitative estimate of drug-likeness (QED) is 0.584. The molecule has 1 aromatic carbocycles. The number of rotatable bonds is 8. The van der Waals surface area contributed by atoms with E-state index in [4.69, 9.17) is 9.84 Å². The van der Waals surface area contributed by atoms with Gasteiger partial charge >= 0.3 is 5.97 Å². The zero-order chi connectivity index (χ0) is 14.1. The number of carboxylic acids is 1. The Balaban J connectivity index is 2.30. The SMILES string of the molecule is CC(C)CSCCOc1ccc(/C=C/C(=O)O)cc1. The Hall–Kier alpha value is -1.42. The van der Waals surface area contributed by atoms with E-state index in [1.54, 1.807) is 6.08 Å². The fourth-order valence-corrected chi connectivity index (χ4v) is 2.22. The molecule has 0 saturated carbocycles. The summed E-state index contributed by atoms with van der Waals surface area (Å²) in [6.45, 7) is 5.11. The summed E-state index contributed by atoms with van der Waals surface area (Å²) in [5, 5.41) is 8.52. The molecule has 1 aromatic rings. The molecule has 0 saturated heterocycles. The lowest BCUT2D eigenvalue weighted by atomic mass is 10.2. The number of aliphatic carboxylic acids is 1. The standard InChI is InChI=1S/C15H20O3S/c1-12(2)11-19-10-9-18-14-6-3-13(4-7-14)5-8-15(16)17/h3-8,12H,9-11H2,1-2H3,(H,16,17)/b8-5+. The summed E-state index contributed by atoms with van der Waals surface area (Å²) in [6, 6.07) is 7.40. The van der Waals surface area contributed by atoms with Gasteiger partial charge < -0.3 is 9.84 Å². The largest absolute Gasteiger partial charge is 0.493 e. The first kappa shape index (κ1) is 15.6. The highest BCUT2D eigenvalue weighted by atomic mass is 32.2. The Morgan fingerprint density at radius 1 is 1.37 bits per heavy atom. The van der Waals surface area contributed by atoms with Crippen molar-refractivity contribution in [3.63, 3.8) is 0 Å². The maximum atomic E-state index is 10.4. The molecule has 0 spiro atoms. The first-order valence-corrected chi connectivity index (χ1v) is 7.45. The minimum atomic E-state index is -0.942. The van der Waals surface area contributed by atoms with Crippen LogP contribution in [0.1, 0.15) is 19.4 Å². The summed E-state index contributed by atoms with van der Waals surface area (Å²) in [4.78, 5) is 10.4. The van der Waals surface area contributed by atoms with Crippen LogP contribution < -0.4 is 4.74 Å². The van der Waals surface area contributed by atoms with E-state index in [1.165, 1.54) is 0 Å². The number of carboxylic acid groups (broad SMARTS) is 1. The first-order chi connectivity index (χ1) is 9.08. The second kappa shape index (κ2) is 8.64. The van der Waals surface area contributed by atoms with Gasteiger partial charge in [0.25, 0.3) is 0 Å². The molecule has 3 nitrogen and oxygen atoms in total. The van der Waals surface area contributed by atoms with Gasteiger partial charge in [0, 0.05) is 11.8 Å². The zero-order valence-electron chi connectivity index (χ0n) is 11.3. The van der Waals surface area contributed by atoms with E-state index in [0.717, 1.165) is 28.9 Å². The zero-order valence-corrected chi connectivity index (χ0v) is 12.2. The number of hydrogen-bond donors (Lipinski definition) is 1. The van der Waals surface area contributed by atoms with Gasteiger partial charge in [-0.25, -0.2) is 4.79 Å². The van der Waals surface area contributed by atoms with Crippen molar-refractivity contribution >= 4 is 23.8 Å². The summed E-state index contributed by atoms with van der Waals surface area (Å²) < 4.78 is 5.61. The van der Waals surface area contributed by atoms with Crippen LogP contribution in [0.15, 0.2) is 30.3 Å². The molecular weight excluding hydrogens is 260 g/mol. The van der Waals surface area contributed by atoms with Crippen molar-refractivity contribution < 1.29 is 14.6 Å². The van der Waals surface area contributed by atoms with Crippen LogP contribution in [0, 0.1) is 5.92 Å². The highest BCUT2D eigenvalue weighted by Gasteiger charge is 1.97. The lowest BCUT2D eigenvalue weighted by Gasteiger charge is -2.07. The van der Waals surface area contributed by atoms with Gasteiger partial charge in [-0.15, -0.1) is 0 Å². The van der Waals surface area contributed by atoms with Gasteiger partial charge in [0.15, 0.2) is 0 Å². The molecule has 19 heavy (non-hydrogen) atoms. The molecule has 0 atom stereocenters. The van der Waals surface area contributed by atoms with Crippen LogP contribution in [-0.4, -0.2) is 29.2 Å². The van der Waals surface area contributed by atoms with Crippen molar-refractivity contribution in [3.8, 4) is 5.75 Å². The fourth-order valence-electron chi connectivity index (χ4n) is 1.38. The van der Waals surface area contributed by atoms with Crippen molar-refractivity contribution in [1.82, 2.24) is 0 Å². The normalized spacial score (nSPS) is 11.1. The van der Waals surface area contributed by atoms with Crippen LogP contribution in [-0.2, 0) is 4.79 Å². The maximum absolute atomic E-state index is 10.4.